The van der Waals surface area contributed by atoms with Crippen LogP contribution in [0.4, 0.5) is 8.78 Å². The molecule has 2 N–H and O–H groups in total. The van der Waals surface area contributed by atoms with Crippen LogP contribution in [0.15, 0.2) is 42.6 Å². The van der Waals surface area contributed by atoms with Gasteiger partial charge in [0.1, 0.15) is 11.6 Å². The molecule has 0 radical (unpaired) electrons. The van der Waals surface area contributed by atoms with Crippen LogP contribution in [0.1, 0.15) is 66.8 Å². The van der Waals surface area contributed by atoms with Gasteiger partial charge in [-0.1, -0.05) is 19.9 Å². The van der Waals surface area contributed by atoms with Crippen molar-refractivity contribution in [2.45, 2.75) is 51.0 Å². The summed E-state index contributed by atoms with van der Waals surface area (Å²) in [6, 6.07) is 8.56. The normalized spacial score (nSPS) is 22.9. The SMILES string of the molecule is C[C@H](CO)NC(=O)c1ccnc([C@@]23CC[C@@H](c4cc(-c5c(F)cccc5F)nnc42)C3(C)C)c1. The van der Waals surface area contributed by atoms with Gasteiger partial charge in [-0.15, -0.1) is 5.10 Å². The highest BCUT2D eigenvalue weighted by atomic mass is 19.1. The van der Waals surface area contributed by atoms with E-state index in [0.717, 1.165) is 29.8 Å². The number of aliphatic hydroxyl groups is 1. The molecule has 0 unspecified atom stereocenters. The second kappa shape index (κ2) is 7.91. The predicted molar refractivity (Wildman–Crippen MR) is 122 cm³/mol. The van der Waals surface area contributed by atoms with Gasteiger partial charge in [0.2, 0.25) is 0 Å². The molecule has 3 atom stereocenters. The molecule has 8 heteroatoms. The number of benzene rings is 1. The maximum Gasteiger partial charge on any atom is 0.251 e. The number of amides is 1. The monoisotopic (exact) mass is 464 g/mol. The zero-order valence-electron chi connectivity index (χ0n) is 19.3. The summed E-state index contributed by atoms with van der Waals surface area (Å²) >= 11 is 0. The van der Waals surface area contributed by atoms with Crippen molar-refractivity contribution < 1.29 is 18.7 Å². The third kappa shape index (κ3) is 3.08. The maximum absolute atomic E-state index is 14.4. The highest BCUT2D eigenvalue weighted by Crippen LogP contribution is 2.69. The van der Waals surface area contributed by atoms with Crippen molar-refractivity contribution in [3.8, 4) is 11.3 Å². The number of carbonyl (C=O) groups excluding carboxylic acids is 1. The van der Waals surface area contributed by atoms with E-state index in [1.165, 1.54) is 18.2 Å². The van der Waals surface area contributed by atoms with Crippen LogP contribution in [0.5, 0.6) is 0 Å². The molecule has 2 aliphatic carbocycles. The Morgan fingerprint density at radius 2 is 1.94 bits per heavy atom. The quantitative estimate of drug-likeness (QED) is 0.593. The zero-order valence-corrected chi connectivity index (χ0v) is 19.3. The first kappa shape index (κ1) is 22.5. The van der Waals surface area contributed by atoms with Gasteiger partial charge >= 0.3 is 0 Å². The van der Waals surface area contributed by atoms with E-state index in [-0.39, 0.29) is 41.1 Å². The molecule has 2 aromatic heterocycles. The molecular weight excluding hydrogens is 438 g/mol. The summed E-state index contributed by atoms with van der Waals surface area (Å²) in [6.07, 6.45) is 3.26. The average molecular weight is 465 g/mol. The van der Waals surface area contributed by atoms with Gasteiger partial charge in [0.05, 0.1) is 34.7 Å². The van der Waals surface area contributed by atoms with Crippen molar-refractivity contribution in [1.29, 1.82) is 0 Å². The summed E-state index contributed by atoms with van der Waals surface area (Å²) < 4.78 is 28.9. The van der Waals surface area contributed by atoms with Crippen LogP contribution in [0.3, 0.4) is 0 Å². The number of rotatable bonds is 5. The van der Waals surface area contributed by atoms with E-state index in [2.05, 4.69) is 34.3 Å². The Morgan fingerprint density at radius 3 is 2.65 bits per heavy atom. The van der Waals surface area contributed by atoms with Crippen LogP contribution in [-0.2, 0) is 5.41 Å². The molecule has 1 saturated carbocycles. The molecule has 1 aromatic carbocycles. The van der Waals surface area contributed by atoms with E-state index in [9.17, 15) is 18.7 Å². The second-order valence-corrected chi connectivity index (χ2v) is 9.84. The number of nitrogens with zero attached hydrogens (tertiary/aromatic N) is 3. The van der Waals surface area contributed by atoms with Crippen LogP contribution in [0, 0.1) is 17.0 Å². The number of hydrogen-bond donors (Lipinski definition) is 2. The van der Waals surface area contributed by atoms with Gasteiger partial charge in [-0.25, -0.2) is 8.78 Å². The first-order valence-corrected chi connectivity index (χ1v) is 11.4. The van der Waals surface area contributed by atoms with Gasteiger partial charge in [-0.2, -0.15) is 5.10 Å². The topological polar surface area (TPSA) is 88.0 Å². The van der Waals surface area contributed by atoms with E-state index >= 15 is 0 Å². The molecule has 0 saturated heterocycles. The third-order valence-electron chi connectivity index (χ3n) is 7.71. The van der Waals surface area contributed by atoms with E-state index in [1.807, 2.05) is 0 Å². The number of hydrogen-bond acceptors (Lipinski definition) is 5. The van der Waals surface area contributed by atoms with Crippen molar-refractivity contribution in [3.63, 3.8) is 0 Å². The van der Waals surface area contributed by atoms with E-state index in [1.54, 1.807) is 31.3 Å². The van der Waals surface area contributed by atoms with Crippen molar-refractivity contribution in [1.82, 2.24) is 20.5 Å². The minimum Gasteiger partial charge on any atom is -0.394 e. The molecule has 176 valence electrons. The summed E-state index contributed by atoms with van der Waals surface area (Å²) in [5, 5.41) is 20.8. The minimum absolute atomic E-state index is 0.111. The molecule has 6 nitrogen and oxygen atoms in total. The smallest absolute Gasteiger partial charge is 0.251 e. The molecule has 0 aliphatic heterocycles. The lowest BCUT2D eigenvalue weighted by molar-refractivity contribution is 0.0921. The highest BCUT2D eigenvalue weighted by molar-refractivity contribution is 5.94. The Labute approximate surface area is 196 Å². The molecule has 5 rings (SSSR count). The van der Waals surface area contributed by atoms with Gasteiger partial charge in [0, 0.05) is 17.8 Å². The van der Waals surface area contributed by atoms with Crippen molar-refractivity contribution in [3.05, 3.63) is 76.7 Å². The van der Waals surface area contributed by atoms with Gasteiger partial charge in [-0.3, -0.25) is 9.78 Å². The maximum atomic E-state index is 14.4. The number of aromatic nitrogens is 3. The fraction of sp³-hybridized carbons (Fsp3) is 0.385. The molecule has 0 spiro atoms. The Morgan fingerprint density at radius 1 is 1.21 bits per heavy atom. The first-order valence-electron chi connectivity index (χ1n) is 11.4. The molecule has 3 aromatic rings. The van der Waals surface area contributed by atoms with Gasteiger partial charge in [0.25, 0.3) is 5.91 Å². The van der Waals surface area contributed by atoms with E-state index < -0.39 is 17.0 Å². The van der Waals surface area contributed by atoms with Gasteiger partial charge in [-0.05, 0) is 67.0 Å². The summed E-state index contributed by atoms with van der Waals surface area (Å²) in [7, 11) is 0. The van der Waals surface area contributed by atoms with Crippen LogP contribution >= 0.6 is 0 Å². The number of halogens is 2. The molecule has 1 amide bonds. The van der Waals surface area contributed by atoms with Crippen LogP contribution in [0.2, 0.25) is 0 Å². The lowest BCUT2D eigenvalue weighted by Crippen LogP contribution is -2.39. The molecule has 2 bridgehead atoms. The molecule has 2 heterocycles. The van der Waals surface area contributed by atoms with Crippen molar-refractivity contribution in [2.75, 3.05) is 6.61 Å². The van der Waals surface area contributed by atoms with Gasteiger partial charge < -0.3 is 10.4 Å². The lowest BCUT2D eigenvalue weighted by atomic mass is 9.66. The minimum atomic E-state index is -0.677. The summed E-state index contributed by atoms with van der Waals surface area (Å²) in [4.78, 5) is 17.4. The number of fused-ring (bicyclic) bond motifs is 5. The summed E-state index contributed by atoms with van der Waals surface area (Å²) in [5.41, 5.74) is 1.97. The van der Waals surface area contributed by atoms with E-state index in [0.29, 0.717) is 5.56 Å². The number of pyridine rings is 1. The largest absolute Gasteiger partial charge is 0.394 e. The van der Waals surface area contributed by atoms with Crippen LogP contribution in [-0.4, -0.2) is 38.8 Å². The second-order valence-electron chi connectivity index (χ2n) is 9.84. The van der Waals surface area contributed by atoms with E-state index in [4.69, 9.17) is 0 Å². The standard InChI is InChI=1S/C26H26F2N4O2/c1-14(13-33)30-24(34)15-8-10-29-21(11-15)26-9-7-17(25(26,2)3)16-12-20(31-32-23(16)26)22-18(27)5-4-6-19(22)28/h4-6,8,10-12,14,17,33H,7,9,13H2,1-3H3,(H,30,34)/t14-,17+,26+/m1/s1. The average Bonchev–Trinajstić information content (AvgIpc) is 3.20. The number of aliphatic hydroxyl groups excluding tert-OH is 1. The molecule has 34 heavy (non-hydrogen) atoms. The van der Waals surface area contributed by atoms with Crippen molar-refractivity contribution >= 4 is 5.91 Å². The molecular formula is C26H26F2N4O2. The Kier molecular flexibility index (Phi) is 5.24. The lowest BCUT2D eigenvalue weighted by Gasteiger charge is -2.37. The fourth-order valence-corrected chi connectivity index (χ4v) is 5.91. The Hall–Kier alpha value is -3.26. The first-order chi connectivity index (χ1) is 16.2. The number of nitrogens with one attached hydrogen (secondary N) is 1. The molecule has 2 aliphatic rings. The zero-order chi connectivity index (χ0) is 24.3. The third-order valence-corrected chi connectivity index (χ3v) is 7.71. The highest BCUT2D eigenvalue weighted by Gasteiger charge is 2.65. The van der Waals surface area contributed by atoms with Crippen LogP contribution < -0.4 is 5.32 Å². The van der Waals surface area contributed by atoms with Gasteiger partial charge in [0.15, 0.2) is 0 Å². The Bertz CT molecular complexity index is 1280. The molecule has 1 fully saturated rings. The summed E-state index contributed by atoms with van der Waals surface area (Å²) in [5.74, 6) is -1.53. The fourth-order valence-electron chi connectivity index (χ4n) is 5.91. The van der Waals surface area contributed by atoms with Crippen molar-refractivity contribution in [2.24, 2.45) is 5.41 Å². The van der Waals surface area contributed by atoms with Crippen LogP contribution in [0.25, 0.3) is 11.3 Å². The Balaban J connectivity index is 1.62. The summed E-state index contributed by atoms with van der Waals surface area (Å²) in [6.45, 7) is 5.87. The number of carbonyl (C=O) groups is 1. The predicted octanol–water partition coefficient (Wildman–Crippen LogP) is 4.13.